The lowest BCUT2D eigenvalue weighted by Gasteiger charge is -2.03. The zero-order valence-corrected chi connectivity index (χ0v) is 14.8. The molecule has 116 valence electrons. The van der Waals surface area contributed by atoms with Gasteiger partial charge in [0.15, 0.2) is 12.4 Å². The highest BCUT2D eigenvalue weighted by atomic mass is 79.9. The predicted octanol–water partition coefficient (Wildman–Crippen LogP) is -0.670. The van der Waals surface area contributed by atoms with Crippen molar-refractivity contribution in [3.63, 3.8) is 0 Å². The summed E-state index contributed by atoms with van der Waals surface area (Å²) < 4.78 is 7.22. The van der Waals surface area contributed by atoms with Gasteiger partial charge in [0, 0.05) is 5.56 Å². The van der Waals surface area contributed by atoms with Gasteiger partial charge in [-0.3, -0.25) is 4.79 Å². The summed E-state index contributed by atoms with van der Waals surface area (Å²) in [5.41, 5.74) is 0.626. The SMILES string of the molecule is COc1cccc(C(=O)C[n+]2cc(Br)cc(C(=O)O)c2)c1.[Br-]. The van der Waals surface area contributed by atoms with Crippen LogP contribution in [-0.4, -0.2) is 24.0 Å². The maximum atomic E-state index is 12.2. The number of halogens is 2. The van der Waals surface area contributed by atoms with Gasteiger partial charge in [-0.1, -0.05) is 12.1 Å². The first-order valence-electron chi connectivity index (χ1n) is 6.10. The Morgan fingerprint density at radius 1 is 1.23 bits per heavy atom. The summed E-state index contributed by atoms with van der Waals surface area (Å²) in [7, 11) is 1.53. The number of ketones is 1. The van der Waals surface area contributed by atoms with Crippen molar-refractivity contribution >= 4 is 27.7 Å². The number of Topliss-reactive ketones (excluding diaryl/α,β-unsaturated/α-hetero) is 1. The van der Waals surface area contributed by atoms with Crippen LogP contribution in [0.15, 0.2) is 47.2 Å². The smallest absolute Gasteiger partial charge is 0.341 e. The number of carbonyl (C=O) groups excluding carboxylic acids is 1. The van der Waals surface area contributed by atoms with E-state index in [-0.39, 0.29) is 34.9 Å². The summed E-state index contributed by atoms with van der Waals surface area (Å²) in [5, 5.41) is 9.02. The van der Waals surface area contributed by atoms with Crippen molar-refractivity contribution in [2.75, 3.05) is 7.11 Å². The number of nitrogens with zero attached hydrogens (tertiary/aromatic N) is 1. The first-order chi connectivity index (χ1) is 9.99. The van der Waals surface area contributed by atoms with E-state index in [2.05, 4.69) is 15.9 Å². The zero-order chi connectivity index (χ0) is 15.4. The van der Waals surface area contributed by atoms with Gasteiger partial charge in [-0.2, -0.15) is 4.57 Å². The Morgan fingerprint density at radius 2 is 1.95 bits per heavy atom. The highest BCUT2D eigenvalue weighted by Gasteiger charge is 2.16. The number of carboxylic acids is 1. The molecule has 0 amide bonds. The van der Waals surface area contributed by atoms with Crippen LogP contribution >= 0.6 is 15.9 Å². The van der Waals surface area contributed by atoms with Crippen molar-refractivity contribution in [1.82, 2.24) is 0 Å². The molecule has 0 spiro atoms. The lowest BCUT2D eigenvalue weighted by atomic mass is 10.1. The van der Waals surface area contributed by atoms with Crippen molar-refractivity contribution in [3.8, 4) is 5.75 Å². The first-order valence-corrected chi connectivity index (χ1v) is 6.89. The second-order valence-electron chi connectivity index (χ2n) is 4.38. The molecule has 22 heavy (non-hydrogen) atoms. The minimum Gasteiger partial charge on any atom is -1.00 e. The molecule has 0 fully saturated rings. The van der Waals surface area contributed by atoms with E-state index in [0.29, 0.717) is 15.8 Å². The number of aromatic carboxylic acids is 1. The standard InChI is InChI=1S/C15H12BrNO4.BrH/c1-21-13-4-2-3-10(6-13)14(18)9-17-7-11(15(19)20)5-12(16)8-17;/h2-8H,9H2,1H3;1H. The highest BCUT2D eigenvalue weighted by Crippen LogP contribution is 2.13. The van der Waals surface area contributed by atoms with Crippen molar-refractivity contribution in [2.24, 2.45) is 0 Å². The molecule has 1 heterocycles. The van der Waals surface area contributed by atoms with Gasteiger partial charge in [0.25, 0.3) is 0 Å². The van der Waals surface area contributed by atoms with Gasteiger partial charge in [0.2, 0.25) is 12.3 Å². The van der Waals surface area contributed by atoms with Gasteiger partial charge in [-0.25, -0.2) is 4.79 Å². The number of hydrogen-bond acceptors (Lipinski definition) is 3. The summed E-state index contributed by atoms with van der Waals surface area (Å²) in [6, 6.07) is 8.32. The molecule has 0 radical (unpaired) electrons. The Hall–Kier alpha value is -1.73. The summed E-state index contributed by atoms with van der Waals surface area (Å²) in [5.74, 6) is -0.571. The second kappa shape index (κ2) is 8.05. The molecule has 1 aromatic heterocycles. The number of methoxy groups -OCH3 is 1. The van der Waals surface area contributed by atoms with Gasteiger partial charge in [-0.05, 0) is 34.1 Å². The molecule has 0 saturated heterocycles. The second-order valence-corrected chi connectivity index (χ2v) is 5.29. The van der Waals surface area contributed by atoms with E-state index >= 15 is 0 Å². The number of rotatable bonds is 5. The fourth-order valence-electron chi connectivity index (χ4n) is 1.86. The third-order valence-corrected chi connectivity index (χ3v) is 3.29. The van der Waals surface area contributed by atoms with Crippen LogP contribution in [0.5, 0.6) is 5.75 Å². The molecule has 1 aromatic carbocycles. The van der Waals surface area contributed by atoms with Gasteiger partial charge < -0.3 is 26.8 Å². The first kappa shape index (κ1) is 18.3. The molecule has 0 aliphatic heterocycles. The summed E-state index contributed by atoms with van der Waals surface area (Å²) in [6.45, 7) is 0.0485. The number of pyridine rings is 1. The average molecular weight is 431 g/mol. The molecule has 7 heteroatoms. The van der Waals surface area contributed by atoms with E-state index in [1.54, 1.807) is 30.5 Å². The van der Waals surface area contributed by atoms with Gasteiger partial charge in [-0.15, -0.1) is 0 Å². The Kier molecular flexibility index (Phi) is 6.70. The number of ether oxygens (including phenoxy) is 1. The third kappa shape index (κ3) is 4.64. The fraction of sp³-hybridized carbons (Fsp3) is 0.133. The number of aromatic nitrogens is 1. The maximum Gasteiger partial charge on any atom is 0.341 e. The molecule has 2 aromatic rings. The molecule has 0 saturated carbocycles. The minimum atomic E-state index is -1.04. The van der Waals surface area contributed by atoms with E-state index < -0.39 is 5.97 Å². The van der Waals surface area contributed by atoms with Crippen LogP contribution in [0.25, 0.3) is 0 Å². The molecule has 0 atom stereocenters. The molecule has 1 N–H and O–H groups in total. The van der Waals surface area contributed by atoms with Crippen molar-refractivity contribution < 1.29 is 41.0 Å². The van der Waals surface area contributed by atoms with Crippen LogP contribution in [0.2, 0.25) is 0 Å². The lowest BCUT2D eigenvalue weighted by molar-refractivity contribution is -0.683. The number of hydrogen-bond donors (Lipinski definition) is 1. The van der Waals surface area contributed by atoms with Crippen LogP contribution in [0.3, 0.4) is 0 Å². The van der Waals surface area contributed by atoms with Crippen molar-refractivity contribution in [3.05, 3.63) is 58.3 Å². The van der Waals surface area contributed by atoms with Crippen molar-refractivity contribution in [2.45, 2.75) is 6.54 Å². The van der Waals surface area contributed by atoms with Crippen molar-refractivity contribution in [1.29, 1.82) is 0 Å². The van der Waals surface area contributed by atoms with Gasteiger partial charge in [0.05, 0.1) is 11.6 Å². The molecule has 0 aliphatic carbocycles. The molecule has 0 unspecified atom stereocenters. The van der Waals surface area contributed by atoms with E-state index in [9.17, 15) is 9.59 Å². The quantitative estimate of drug-likeness (QED) is 0.504. The number of carboxylic acid groups (broad SMARTS) is 1. The Balaban J connectivity index is 0.00000242. The van der Waals surface area contributed by atoms with E-state index in [0.717, 1.165) is 0 Å². The van der Waals surface area contributed by atoms with Crippen LogP contribution in [0.1, 0.15) is 20.7 Å². The molecule has 5 nitrogen and oxygen atoms in total. The third-order valence-electron chi connectivity index (χ3n) is 2.85. The monoisotopic (exact) mass is 429 g/mol. The van der Waals surface area contributed by atoms with Gasteiger partial charge >= 0.3 is 5.97 Å². The fourth-order valence-corrected chi connectivity index (χ4v) is 2.37. The highest BCUT2D eigenvalue weighted by molar-refractivity contribution is 9.10. The molecule has 0 bridgehead atoms. The zero-order valence-electron chi connectivity index (χ0n) is 11.6. The maximum absolute atomic E-state index is 12.2. The number of benzene rings is 1. The Bertz CT molecular complexity index is 704. The molecule has 0 aliphatic rings. The predicted molar refractivity (Wildman–Crippen MR) is 78.6 cm³/mol. The molecular formula is C15H13Br2NO4. The van der Waals surface area contributed by atoms with Crippen LogP contribution in [-0.2, 0) is 6.54 Å². The summed E-state index contributed by atoms with van der Waals surface area (Å²) >= 11 is 3.23. The van der Waals surface area contributed by atoms with Crippen LogP contribution in [0.4, 0.5) is 0 Å². The number of carbonyl (C=O) groups is 2. The van der Waals surface area contributed by atoms with E-state index in [1.165, 1.54) is 23.9 Å². The topological polar surface area (TPSA) is 67.5 Å². The normalized spacial score (nSPS) is 9.73. The summed E-state index contributed by atoms with van der Waals surface area (Å²) in [6.07, 6.45) is 3.08. The average Bonchev–Trinajstić information content (AvgIpc) is 2.46. The molecule has 2 rings (SSSR count). The van der Waals surface area contributed by atoms with Gasteiger partial charge in [0.1, 0.15) is 11.3 Å². The lowest BCUT2D eigenvalue weighted by Crippen LogP contribution is -3.00. The largest absolute Gasteiger partial charge is 1.00 e. The minimum absolute atomic E-state index is 0. The Morgan fingerprint density at radius 3 is 2.59 bits per heavy atom. The Labute approximate surface area is 146 Å². The van der Waals surface area contributed by atoms with Crippen LogP contribution in [0, 0.1) is 0 Å². The van der Waals surface area contributed by atoms with E-state index in [4.69, 9.17) is 9.84 Å². The van der Waals surface area contributed by atoms with E-state index in [1.807, 2.05) is 0 Å². The summed E-state index contributed by atoms with van der Waals surface area (Å²) in [4.78, 5) is 23.2. The van der Waals surface area contributed by atoms with Crippen LogP contribution < -0.4 is 26.3 Å². The molecular weight excluding hydrogens is 418 g/mol.